The Kier molecular flexibility index (Phi) is 6.27. The summed E-state index contributed by atoms with van der Waals surface area (Å²) in [5.74, 6) is -1.28. The molecule has 0 aliphatic carbocycles. The van der Waals surface area contributed by atoms with E-state index in [1.165, 1.54) is 19.4 Å². The summed E-state index contributed by atoms with van der Waals surface area (Å²) in [5, 5.41) is 13.4. The van der Waals surface area contributed by atoms with Gasteiger partial charge in [0.15, 0.2) is 11.6 Å². The molecule has 0 amide bonds. The van der Waals surface area contributed by atoms with Crippen LogP contribution < -0.4 is 5.32 Å². The van der Waals surface area contributed by atoms with Crippen LogP contribution in [0, 0.1) is 11.6 Å². The van der Waals surface area contributed by atoms with Crippen LogP contribution in [0.2, 0.25) is 0 Å². The SMILES string of the molecule is COCC(NC(C)CC(O)c1ccco1)c1ccc(F)c(F)c1. The number of furan rings is 1. The zero-order valence-electron chi connectivity index (χ0n) is 13.1. The zero-order chi connectivity index (χ0) is 16.8. The minimum Gasteiger partial charge on any atom is -0.467 e. The van der Waals surface area contributed by atoms with E-state index in [2.05, 4.69) is 5.32 Å². The van der Waals surface area contributed by atoms with Crippen LogP contribution in [0.4, 0.5) is 8.78 Å². The Labute approximate surface area is 134 Å². The molecule has 4 nitrogen and oxygen atoms in total. The van der Waals surface area contributed by atoms with Crippen molar-refractivity contribution >= 4 is 0 Å². The standard InChI is InChI=1S/C17H21F2NO3/c1-11(8-16(21)17-4-3-7-23-17)20-15(10-22-2)12-5-6-13(18)14(19)9-12/h3-7,9,11,15-16,20-21H,8,10H2,1-2H3. The molecule has 0 aliphatic heterocycles. The van der Waals surface area contributed by atoms with Crippen LogP contribution in [0.3, 0.4) is 0 Å². The monoisotopic (exact) mass is 325 g/mol. The molecule has 2 rings (SSSR count). The summed E-state index contributed by atoms with van der Waals surface area (Å²) in [5.41, 5.74) is 0.588. The van der Waals surface area contributed by atoms with Gasteiger partial charge in [-0.15, -0.1) is 0 Å². The summed E-state index contributed by atoms with van der Waals surface area (Å²) in [7, 11) is 1.54. The maximum Gasteiger partial charge on any atom is 0.159 e. The largest absolute Gasteiger partial charge is 0.467 e. The molecule has 3 unspecified atom stereocenters. The van der Waals surface area contributed by atoms with Gasteiger partial charge in [0.2, 0.25) is 0 Å². The number of ether oxygens (including phenoxy) is 1. The quantitative estimate of drug-likeness (QED) is 0.781. The third-order valence-corrected chi connectivity index (χ3v) is 3.61. The normalized spacial score (nSPS) is 15.3. The molecule has 2 N–H and O–H groups in total. The van der Waals surface area contributed by atoms with Crippen LogP contribution in [0.25, 0.3) is 0 Å². The van der Waals surface area contributed by atoms with Crippen molar-refractivity contribution in [3.8, 4) is 0 Å². The lowest BCUT2D eigenvalue weighted by atomic mass is 10.0. The van der Waals surface area contributed by atoms with Gasteiger partial charge in [0.1, 0.15) is 11.9 Å². The third kappa shape index (κ3) is 4.86. The predicted molar refractivity (Wildman–Crippen MR) is 81.9 cm³/mol. The molecule has 0 bridgehead atoms. The Morgan fingerprint density at radius 3 is 2.65 bits per heavy atom. The van der Waals surface area contributed by atoms with E-state index in [-0.39, 0.29) is 12.1 Å². The van der Waals surface area contributed by atoms with E-state index in [4.69, 9.17) is 9.15 Å². The summed E-state index contributed by atoms with van der Waals surface area (Å²) < 4.78 is 36.8. The highest BCUT2D eigenvalue weighted by molar-refractivity contribution is 5.21. The van der Waals surface area contributed by atoms with Crippen molar-refractivity contribution in [1.82, 2.24) is 5.32 Å². The van der Waals surface area contributed by atoms with Gasteiger partial charge in [0.25, 0.3) is 0 Å². The van der Waals surface area contributed by atoms with Crippen LogP contribution >= 0.6 is 0 Å². The maximum absolute atomic E-state index is 13.4. The van der Waals surface area contributed by atoms with Crippen LogP contribution in [0.15, 0.2) is 41.0 Å². The van der Waals surface area contributed by atoms with Gasteiger partial charge in [-0.05, 0) is 43.2 Å². The predicted octanol–water partition coefficient (Wildman–Crippen LogP) is 3.35. The molecule has 126 valence electrons. The second kappa shape index (κ2) is 8.19. The fraction of sp³-hybridized carbons (Fsp3) is 0.412. The Morgan fingerprint density at radius 1 is 1.26 bits per heavy atom. The first-order valence-corrected chi connectivity index (χ1v) is 7.42. The van der Waals surface area contributed by atoms with Crippen LogP contribution in [0.5, 0.6) is 0 Å². The van der Waals surface area contributed by atoms with Gasteiger partial charge in [-0.25, -0.2) is 8.78 Å². The molecular weight excluding hydrogens is 304 g/mol. The smallest absolute Gasteiger partial charge is 0.159 e. The number of hydrogen-bond acceptors (Lipinski definition) is 4. The molecule has 1 aromatic carbocycles. The maximum atomic E-state index is 13.4. The summed E-state index contributed by atoms with van der Waals surface area (Å²) in [4.78, 5) is 0. The Hall–Kier alpha value is -1.76. The molecule has 1 aromatic heterocycles. The van der Waals surface area contributed by atoms with Crippen molar-refractivity contribution in [3.05, 3.63) is 59.6 Å². The molecule has 2 aromatic rings. The number of benzene rings is 1. The van der Waals surface area contributed by atoms with Gasteiger partial charge in [-0.2, -0.15) is 0 Å². The van der Waals surface area contributed by atoms with E-state index in [1.807, 2.05) is 6.92 Å². The zero-order valence-corrected chi connectivity index (χ0v) is 13.1. The Morgan fingerprint density at radius 2 is 2.04 bits per heavy atom. The van der Waals surface area contributed by atoms with Crippen LogP contribution in [-0.4, -0.2) is 24.9 Å². The fourth-order valence-electron chi connectivity index (χ4n) is 2.48. The number of methoxy groups -OCH3 is 1. The second-order valence-corrected chi connectivity index (χ2v) is 5.52. The highest BCUT2D eigenvalue weighted by Crippen LogP contribution is 2.22. The minimum atomic E-state index is -0.895. The first-order chi connectivity index (χ1) is 11.0. The number of rotatable bonds is 8. The first-order valence-electron chi connectivity index (χ1n) is 7.42. The lowest BCUT2D eigenvalue weighted by Gasteiger charge is -2.24. The van der Waals surface area contributed by atoms with Gasteiger partial charge in [0.05, 0.1) is 18.9 Å². The molecular formula is C17H21F2NO3. The molecule has 1 heterocycles. The summed E-state index contributed by atoms with van der Waals surface area (Å²) in [6.45, 7) is 2.20. The molecule has 23 heavy (non-hydrogen) atoms. The van der Waals surface area contributed by atoms with Crippen molar-refractivity contribution in [2.75, 3.05) is 13.7 Å². The van der Waals surface area contributed by atoms with Crippen LogP contribution in [0.1, 0.15) is 36.8 Å². The number of halogens is 2. The molecule has 6 heteroatoms. The molecule has 0 spiro atoms. The van der Waals surface area contributed by atoms with E-state index in [0.29, 0.717) is 24.4 Å². The van der Waals surface area contributed by atoms with Gasteiger partial charge >= 0.3 is 0 Å². The first kappa shape index (κ1) is 17.6. The summed E-state index contributed by atoms with van der Waals surface area (Å²) >= 11 is 0. The van der Waals surface area contributed by atoms with Gasteiger partial charge in [-0.1, -0.05) is 6.07 Å². The van der Waals surface area contributed by atoms with Crippen molar-refractivity contribution in [2.24, 2.45) is 0 Å². The molecule has 0 saturated carbocycles. The van der Waals surface area contributed by atoms with E-state index in [0.717, 1.165) is 12.1 Å². The topological polar surface area (TPSA) is 54.6 Å². The average Bonchev–Trinajstić information content (AvgIpc) is 3.04. The number of aliphatic hydroxyl groups is 1. The van der Waals surface area contributed by atoms with Crippen molar-refractivity contribution in [3.63, 3.8) is 0 Å². The minimum absolute atomic E-state index is 0.0941. The second-order valence-electron chi connectivity index (χ2n) is 5.52. The Balaban J connectivity index is 2.01. The lowest BCUT2D eigenvalue weighted by Crippen LogP contribution is -2.34. The van der Waals surface area contributed by atoms with E-state index >= 15 is 0 Å². The molecule has 0 aliphatic rings. The molecule has 3 atom stereocenters. The van der Waals surface area contributed by atoms with Gasteiger partial charge < -0.3 is 19.6 Å². The average molecular weight is 325 g/mol. The van der Waals surface area contributed by atoms with Gasteiger partial charge in [-0.3, -0.25) is 0 Å². The number of aliphatic hydroxyl groups excluding tert-OH is 1. The number of nitrogens with one attached hydrogen (secondary N) is 1. The third-order valence-electron chi connectivity index (χ3n) is 3.61. The van der Waals surface area contributed by atoms with Crippen molar-refractivity contribution < 1.29 is 23.0 Å². The van der Waals surface area contributed by atoms with Crippen molar-refractivity contribution in [1.29, 1.82) is 0 Å². The van der Waals surface area contributed by atoms with E-state index in [9.17, 15) is 13.9 Å². The number of hydrogen-bond donors (Lipinski definition) is 2. The van der Waals surface area contributed by atoms with E-state index in [1.54, 1.807) is 12.1 Å². The fourth-order valence-corrected chi connectivity index (χ4v) is 2.48. The van der Waals surface area contributed by atoms with E-state index < -0.39 is 17.7 Å². The molecule has 0 radical (unpaired) electrons. The van der Waals surface area contributed by atoms with Crippen LogP contribution in [-0.2, 0) is 4.74 Å². The lowest BCUT2D eigenvalue weighted by molar-refractivity contribution is 0.117. The molecule has 0 saturated heterocycles. The Bertz CT molecular complexity index is 604. The highest BCUT2D eigenvalue weighted by Gasteiger charge is 2.20. The van der Waals surface area contributed by atoms with Crippen molar-refractivity contribution in [2.45, 2.75) is 31.5 Å². The van der Waals surface area contributed by atoms with Gasteiger partial charge in [0, 0.05) is 13.2 Å². The molecule has 0 fully saturated rings. The highest BCUT2D eigenvalue weighted by atomic mass is 19.2. The summed E-state index contributed by atoms with van der Waals surface area (Å²) in [6, 6.07) is 6.78. The summed E-state index contributed by atoms with van der Waals surface area (Å²) in [6.07, 6.45) is 1.18.